The van der Waals surface area contributed by atoms with E-state index < -0.39 is 0 Å². The Morgan fingerprint density at radius 3 is 3.00 bits per heavy atom. The number of nitrogens with one attached hydrogen (secondary N) is 1. The number of carbonyl (C=O) groups is 1. The highest BCUT2D eigenvalue weighted by molar-refractivity contribution is 7.99. The fourth-order valence-corrected chi connectivity index (χ4v) is 2.36. The first-order valence-electron chi connectivity index (χ1n) is 5.44. The normalized spacial score (nSPS) is 17.0. The molecule has 0 bridgehead atoms. The van der Waals surface area contributed by atoms with Crippen LogP contribution in [0.1, 0.15) is 0 Å². The van der Waals surface area contributed by atoms with E-state index in [0.717, 1.165) is 0 Å². The summed E-state index contributed by atoms with van der Waals surface area (Å²) in [4.78, 5) is 12.2. The second kappa shape index (κ2) is 6.10. The summed E-state index contributed by atoms with van der Waals surface area (Å²) in [6, 6.07) is 6.89. The Balaban J connectivity index is 2.37. The van der Waals surface area contributed by atoms with Gasteiger partial charge in [0.25, 0.3) is 5.91 Å². The molecule has 0 unspecified atom stereocenters. The monoisotopic (exact) mass is 297 g/mol. The van der Waals surface area contributed by atoms with Crippen molar-refractivity contribution in [1.82, 2.24) is 5.48 Å². The van der Waals surface area contributed by atoms with Crippen molar-refractivity contribution in [1.29, 1.82) is 0 Å². The molecule has 0 aliphatic carbocycles. The van der Waals surface area contributed by atoms with Crippen LogP contribution in [0.2, 0.25) is 5.02 Å². The third-order valence-corrected chi connectivity index (χ3v) is 3.29. The zero-order valence-electron chi connectivity index (χ0n) is 10.1. The number of halogens is 1. The van der Waals surface area contributed by atoms with Crippen molar-refractivity contribution in [3.63, 3.8) is 0 Å². The van der Waals surface area contributed by atoms with Crippen LogP contribution in [-0.2, 0) is 4.79 Å². The molecule has 2 rings (SSSR count). The van der Waals surface area contributed by atoms with Crippen molar-refractivity contribution in [2.45, 2.75) is 0 Å². The maximum atomic E-state index is 12.2. The molecule has 0 fully saturated rings. The predicted molar refractivity (Wildman–Crippen MR) is 77.8 cm³/mol. The summed E-state index contributed by atoms with van der Waals surface area (Å²) in [5, 5.41) is 14.8. The summed E-state index contributed by atoms with van der Waals surface area (Å²) < 4.78 is 0. The van der Waals surface area contributed by atoms with Crippen LogP contribution in [-0.4, -0.2) is 28.8 Å². The Hall–Kier alpha value is -1.50. The Labute approximate surface area is 119 Å². The lowest BCUT2D eigenvalue weighted by atomic mass is 10.2. The number of nitrogens with zero attached hydrogens (tertiary/aromatic N) is 2. The third-order valence-electron chi connectivity index (χ3n) is 2.50. The van der Waals surface area contributed by atoms with Crippen LogP contribution in [0.5, 0.6) is 0 Å². The van der Waals surface area contributed by atoms with Crippen LogP contribution < -0.4 is 10.5 Å². The van der Waals surface area contributed by atoms with Crippen LogP contribution >= 0.6 is 23.4 Å². The van der Waals surface area contributed by atoms with Gasteiger partial charge in [0.2, 0.25) is 0 Å². The molecule has 0 aromatic heterocycles. The van der Waals surface area contributed by atoms with Crippen LogP contribution in [0.4, 0.5) is 5.69 Å². The van der Waals surface area contributed by atoms with Gasteiger partial charge in [-0.1, -0.05) is 17.7 Å². The van der Waals surface area contributed by atoms with E-state index in [0.29, 0.717) is 27.7 Å². The molecule has 19 heavy (non-hydrogen) atoms. The molecule has 1 amide bonds. The Morgan fingerprint density at radius 2 is 2.37 bits per heavy atom. The van der Waals surface area contributed by atoms with E-state index >= 15 is 0 Å². The van der Waals surface area contributed by atoms with Gasteiger partial charge in [0.15, 0.2) is 0 Å². The van der Waals surface area contributed by atoms with Gasteiger partial charge in [-0.05, 0) is 24.5 Å². The summed E-state index contributed by atoms with van der Waals surface area (Å²) in [5.74, 6) is 0.281. The minimum atomic E-state index is -0.298. The van der Waals surface area contributed by atoms with Crippen molar-refractivity contribution in [3.8, 4) is 0 Å². The fraction of sp³-hybridized carbons (Fsp3) is 0.167. The SMILES string of the molecule is CSCC1=NN(c2cccc(Cl)c2)C(=O)C1=CNO. The molecule has 0 radical (unpaired) electrons. The summed E-state index contributed by atoms with van der Waals surface area (Å²) in [6.45, 7) is 0. The van der Waals surface area contributed by atoms with Crippen LogP contribution in [0.3, 0.4) is 0 Å². The summed E-state index contributed by atoms with van der Waals surface area (Å²) in [7, 11) is 0. The van der Waals surface area contributed by atoms with Crippen molar-refractivity contribution < 1.29 is 10.0 Å². The van der Waals surface area contributed by atoms with Gasteiger partial charge in [-0.25, -0.2) is 0 Å². The van der Waals surface area contributed by atoms with E-state index in [9.17, 15) is 4.79 Å². The molecule has 5 nitrogen and oxygen atoms in total. The Kier molecular flexibility index (Phi) is 4.47. The molecule has 1 heterocycles. The zero-order valence-corrected chi connectivity index (χ0v) is 11.7. The average molecular weight is 298 g/mol. The van der Waals surface area contributed by atoms with E-state index in [1.807, 2.05) is 11.7 Å². The Morgan fingerprint density at radius 1 is 1.58 bits per heavy atom. The first-order valence-corrected chi connectivity index (χ1v) is 7.21. The Bertz CT molecular complexity index is 560. The van der Waals surface area contributed by atoms with Crippen LogP contribution in [0.15, 0.2) is 41.1 Å². The quantitative estimate of drug-likeness (QED) is 0.661. The van der Waals surface area contributed by atoms with Gasteiger partial charge in [-0.2, -0.15) is 21.9 Å². The maximum Gasteiger partial charge on any atom is 0.282 e. The minimum Gasteiger partial charge on any atom is -0.292 e. The zero-order chi connectivity index (χ0) is 13.8. The third kappa shape index (κ3) is 2.91. The number of carbonyl (C=O) groups excluding carboxylic acids is 1. The second-order valence-electron chi connectivity index (χ2n) is 3.76. The molecule has 0 saturated heterocycles. The first-order chi connectivity index (χ1) is 9.17. The number of benzene rings is 1. The minimum absolute atomic E-state index is 0.298. The van der Waals surface area contributed by atoms with Crippen molar-refractivity contribution in [2.24, 2.45) is 5.10 Å². The molecule has 1 aliphatic heterocycles. The van der Waals surface area contributed by atoms with E-state index in [2.05, 4.69) is 5.10 Å². The molecule has 2 N–H and O–H groups in total. The molecule has 1 aliphatic rings. The van der Waals surface area contributed by atoms with Gasteiger partial charge in [0.1, 0.15) is 0 Å². The predicted octanol–water partition coefficient (Wildman–Crippen LogP) is 2.27. The van der Waals surface area contributed by atoms with Gasteiger partial charge < -0.3 is 0 Å². The molecule has 1 aromatic rings. The molecule has 0 saturated carbocycles. The van der Waals surface area contributed by atoms with Crippen molar-refractivity contribution in [3.05, 3.63) is 41.1 Å². The largest absolute Gasteiger partial charge is 0.292 e. The number of thioether (sulfide) groups is 1. The van der Waals surface area contributed by atoms with Gasteiger partial charge in [0.05, 0.1) is 17.0 Å². The van der Waals surface area contributed by atoms with Crippen LogP contribution in [0.25, 0.3) is 0 Å². The number of hydrogen-bond donors (Lipinski definition) is 2. The fourth-order valence-electron chi connectivity index (χ4n) is 1.69. The smallest absolute Gasteiger partial charge is 0.282 e. The maximum absolute atomic E-state index is 12.2. The first kappa shape index (κ1) is 13.9. The van der Waals surface area contributed by atoms with Crippen molar-refractivity contribution >= 4 is 40.7 Å². The highest BCUT2D eigenvalue weighted by Crippen LogP contribution is 2.26. The van der Waals surface area contributed by atoms with Gasteiger partial charge in [-0.3, -0.25) is 15.5 Å². The van der Waals surface area contributed by atoms with E-state index in [4.69, 9.17) is 16.8 Å². The molecule has 1 aromatic carbocycles. The highest BCUT2D eigenvalue weighted by atomic mass is 35.5. The van der Waals surface area contributed by atoms with Gasteiger partial charge in [-0.15, -0.1) is 0 Å². The molecule has 7 heteroatoms. The molecule has 0 atom stereocenters. The number of anilines is 1. The average Bonchev–Trinajstić information content (AvgIpc) is 2.69. The van der Waals surface area contributed by atoms with Gasteiger partial charge >= 0.3 is 0 Å². The highest BCUT2D eigenvalue weighted by Gasteiger charge is 2.30. The number of hydroxylamine groups is 1. The summed E-state index contributed by atoms with van der Waals surface area (Å²) >= 11 is 7.45. The van der Waals surface area contributed by atoms with Crippen molar-refractivity contribution in [2.75, 3.05) is 17.0 Å². The topological polar surface area (TPSA) is 64.9 Å². The second-order valence-corrected chi connectivity index (χ2v) is 5.07. The number of rotatable bonds is 4. The lowest BCUT2D eigenvalue weighted by Gasteiger charge is -2.11. The molecular weight excluding hydrogens is 286 g/mol. The summed E-state index contributed by atoms with van der Waals surface area (Å²) in [5.41, 5.74) is 3.44. The molecule has 0 spiro atoms. The lowest BCUT2D eigenvalue weighted by Crippen LogP contribution is -2.22. The number of amides is 1. The van der Waals surface area contributed by atoms with Crippen LogP contribution in [0, 0.1) is 0 Å². The molecular formula is C12H12ClN3O2S. The molecule has 100 valence electrons. The van der Waals surface area contributed by atoms with E-state index in [1.165, 1.54) is 11.2 Å². The van der Waals surface area contributed by atoms with Gasteiger partial charge in [0, 0.05) is 17.0 Å². The van der Waals surface area contributed by atoms with E-state index in [-0.39, 0.29) is 5.91 Å². The summed E-state index contributed by atoms with van der Waals surface area (Å²) in [6.07, 6.45) is 3.15. The number of hydrazone groups is 1. The van der Waals surface area contributed by atoms with E-state index in [1.54, 1.807) is 36.0 Å². The standard InChI is InChI=1S/C12H12ClN3O2S/c1-19-7-11-10(6-14-18)12(17)16(15-11)9-4-2-3-8(13)5-9/h2-6,14,18H,7H2,1H3. The lowest BCUT2D eigenvalue weighted by molar-refractivity contribution is -0.114. The number of hydrogen-bond acceptors (Lipinski definition) is 5.